The number of carbonyl (C=O) groups is 1. The van der Waals surface area contributed by atoms with E-state index in [4.69, 9.17) is 0 Å². The number of halogens is 3. The minimum atomic E-state index is -4.40. The van der Waals surface area contributed by atoms with Crippen molar-refractivity contribution in [2.75, 3.05) is 50.1 Å². The van der Waals surface area contributed by atoms with Gasteiger partial charge in [-0.2, -0.15) is 13.2 Å². The molecule has 144 valence electrons. The van der Waals surface area contributed by atoms with Gasteiger partial charge in [0.1, 0.15) is 11.5 Å². The van der Waals surface area contributed by atoms with Crippen molar-refractivity contribution in [2.45, 2.75) is 6.18 Å². The minimum absolute atomic E-state index is 0.154. The number of alkyl halides is 3. The van der Waals surface area contributed by atoms with Gasteiger partial charge in [-0.15, -0.1) is 0 Å². The Morgan fingerprint density at radius 1 is 1.07 bits per heavy atom. The lowest BCUT2D eigenvalue weighted by atomic mass is 10.2. The van der Waals surface area contributed by atoms with Crippen molar-refractivity contribution in [3.63, 3.8) is 0 Å². The molecule has 1 saturated heterocycles. The number of nitrogens with zero attached hydrogens (tertiary/aromatic N) is 5. The molecule has 1 aliphatic heterocycles. The Balaban J connectivity index is 1.63. The molecule has 0 unspecified atom stereocenters. The Kier molecular flexibility index (Phi) is 5.20. The zero-order valence-electron chi connectivity index (χ0n) is 15.1. The summed E-state index contributed by atoms with van der Waals surface area (Å²) >= 11 is 0. The van der Waals surface area contributed by atoms with Crippen molar-refractivity contribution < 1.29 is 18.0 Å². The summed E-state index contributed by atoms with van der Waals surface area (Å²) in [5.74, 6) is 0.321. The molecule has 0 aromatic carbocycles. The van der Waals surface area contributed by atoms with E-state index >= 15 is 0 Å². The van der Waals surface area contributed by atoms with Crippen molar-refractivity contribution in [3.05, 3.63) is 47.9 Å². The first-order valence-corrected chi connectivity index (χ1v) is 8.46. The number of anilines is 2. The number of hydrogen-bond donors (Lipinski definition) is 0. The largest absolute Gasteiger partial charge is 0.417 e. The van der Waals surface area contributed by atoms with Crippen LogP contribution < -0.4 is 9.80 Å². The highest BCUT2D eigenvalue weighted by Gasteiger charge is 2.31. The van der Waals surface area contributed by atoms with Crippen LogP contribution in [0.25, 0.3) is 0 Å². The molecule has 6 nitrogen and oxygen atoms in total. The molecule has 1 amide bonds. The van der Waals surface area contributed by atoms with Crippen LogP contribution in [-0.4, -0.2) is 61.0 Å². The normalized spacial score (nSPS) is 15.0. The van der Waals surface area contributed by atoms with E-state index in [1.54, 1.807) is 17.2 Å². The number of carbonyl (C=O) groups excluding carboxylic acids is 1. The Morgan fingerprint density at radius 2 is 1.78 bits per heavy atom. The van der Waals surface area contributed by atoms with E-state index in [2.05, 4.69) is 9.97 Å². The van der Waals surface area contributed by atoms with Crippen LogP contribution in [0.15, 0.2) is 36.7 Å². The van der Waals surface area contributed by atoms with Gasteiger partial charge in [0, 0.05) is 58.4 Å². The molecular formula is C18H20F3N5O. The second kappa shape index (κ2) is 7.42. The molecule has 0 saturated carbocycles. The summed E-state index contributed by atoms with van der Waals surface area (Å²) in [6.45, 7) is 1.90. The monoisotopic (exact) mass is 379 g/mol. The molecule has 0 radical (unpaired) electrons. The van der Waals surface area contributed by atoms with E-state index in [0.29, 0.717) is 37.7 Å². The van der Waals surface area contributed by atoms with Gasteiger partial charge >= 0.3 is 6.18 Å². The zero-order valence-corrected chi connectivity index (χ0v) is 15.1. The second-order valence-corrected chi connectivity index (χ2v) is 6.48. The first kappa shape index (κ1) is 18.9. The van der Waals surface area contributed by atoms with Gasteiger partial charge in [-0.1, -0.05) is 0 Å². The Hall–Kier alpha value is -2.84. The summed E-state index contributed by atoms with van der Waals surface area (Å²) in [5, 5.41) is 0. The Morgan fingerprint density at radius 3 is 2.33 bits per heavy atom. The second-order valence-electron chi connectivity index (χ2n) is 6.48. The van der Waals surface area contributed by atoms with Gasteiger partial charge in [-0.05, 0) is 24.3 Å². The van der Waals surface area contributed by atoms with E-state index in [1.807, 2.05) is 30.0 Å². The molecule has 27 heavy (non-hydrogen) atoms. The SMILES string of the molecule is CN(C)c1ccnc(C(=O)N2CCN(c3ccc(C(F)(F)F)cn3)CC2)c1. The quantitative estimate of drug-likeness (QED) is 0.820. The van der Waals surface area contributed by atoms with Crippen molar-refractivity contribution in [1.29, 1.82) is 0 Å². The van der Waals surface area contributed by atoms with E-state index in [-0.39, 0.29) is 5.91 Å². The van der Waals surface area contributed by atoms with Crippen molar-refractivity contribution in [3.8, 4) is 0 Å². The number of rotatable bonds is 3. The lowest BCUT2D eigenvalue weighted by Crippen LogP contribution is -2.49. The van der Waals surface area contributed by atoms with Crippen molar-refractivity contribution in [1.82, 2.24) is 14.9 Å². The first-order valence-electron chi connectivity index (χ1n) is 8.46. The maximum atomic E-state index is 12.7. The van der Waals surface area contributed by atoms with E-state index < -0.39 is 11.7 Å². The van der Waals surface area contributed by atoms with Gasteiger partial charge < -0.3 is 14.7 Å². The summed E-state index contributed by atoms with van der Waals surface area (Å²) in [4.78, 5) is 26.2. The topological polar surface area (TPSA) is 52.6 Å². The summed E-state index contributed by atoms with van der Waals surface area (Å²) < 4.78 is 37.9. The lowest BCUT2D eigenvalue weighted by Gasteiger charge is -2.35. The molecule has 1 fully saturated rings. The molecule has 9 heteroatoms. The average Bonchev–Trinajstić information content (AvgIpc) is 2.67. The van der Waals surface area contributed by atoms with Crippen LogP contribution in [0.5, 0.6) is 0 Å². The highest BCUT2D eigenvalue weighted by molar-refractivity contribution is 5.93. The fourth-order valence-corrected chi connectivity index (χ4v) is 2.86. The highest BCUT2D eigenvalue weighted by atomic mass is 19.4. The molecule has 2 aromatic heterocycles. The van der Waals surface area contributed by atoms with Gasteiger partial charge in [-0.25, -0.2) is 4.98 Å². The van der Waals surface area contributed by atoms with Gasteiger partial charge in [0.05, 0.1) is 5.56 Å². The van der Waals surface area contributed by atoms with Crippen LogP contribution >= 0.6 is 0 Å². The zero-order chi connectivity index (χ0) is 19.6. The Bertz CT molecular complexity index is 799. The van der Waals surface area contributed by atoms with E-state index in [0.717, 1.165) is 18.0 Å². The molecule has 1 aliphatic rings. The smallest absolute Gasteiger partial charge is 0.378 e. The summed E-state index contributed by atoms with van der Waals surface area (Å²) in [5.41, 5.74) is 0.496. The molecule has 0 N–H and O–H groups in total. The number of aromatic nitrogens is 2. The molecule has 0 spiro atoms. The molecule has 0 bridgehead atoms. The highest BCUT2D eigenvalue weighted by Crippen LogP contribution is 2.29. The van der Waals surface area contributed by atoms with Crippen LogP contribution in [0.2, 0.25) is 0 Å². The number of piperazine rings is 1. The van der Waals surface area contributed by atoms with E-state index in [1.165, 1.54) is 6.07 Å². The Labute approximate surface area is 155 Å². The average molecular weight is 379 g/mol. The third kappa shape index (κ3) is 4.29. The maximum absolute atomic E-state index is 12.7. The minimum Gasteiger partial charge on any atom is -0.378 e. The van der Waals surface area contributed by atoms with Gasteiger partial charge in [-0.3, -0.25) is 9.78 Å². The lowest BCUT2D eigenvalue weighted by molar-refractivity contribution is -0.137. The predicted molar refractivity (Wildman–Crippen MR) is 95.9 cm³/mol. The molecule has 0 aliphatic carbocycles. The molecule has 3 rings (SSSR count). The third-order valence-electron chi connectivity index (χ3n) is 4.45. The van der Waals surface area contributed by atoms with Crippen LogP contribution in [-0.2, 0) is 6.18 Å². The molecule has 0 atom stereocenters. The number of amides is 1. The fourth-order valence-electron chi connectivity index (χ4n) is 2.86. The third-order valence-corrected chi connectivity index (χ3v) is 4.45. The van der Waals surface area contributed by atoms with Crippen molar-refractivity contribution in [2.24, 2.45) is 0 Å². The summed E-state index contributed by atoms with van der Waals surface area (Å²) in [6, 6.07) is 5.95. The summed E-state index contributed by atoms with van der Waals surface area (Å²) in [7, 11) is 3.78. The van der Waals surface area contributed by atoms with Crippen LogP contribution in [0.1, 0.15) is 16.1 Å². The molecule has 3 heterocycles. The van der Waals surface area contributed by atoms with Crippen LogP contribution in [0.4, 0.5) is 24.7 Å². The first-order chi connectivity index (χ1) is 12.8. The van der Waals surface area contributed by atoms with Crippen molar-refractivity contribution >= 4 is 17.4 Å². The number of hydrogen-bond acceptors (Lipinski definition) is 5. The predicted octanol–water partition coefficient (Wildman–Crippen LogP) is 2.52. The van der Waals surface area contributed by atoms with Crippen LogP contribution in [0.3, 0.4) is 0 Å². The van der Waals surface area contributed by atoms with Gasteiger partial charge in [0.15, 0.2) is 0 Å². The number of pyridine rings is 2. The fraction of sp³-hybridized carbons (Fsp3) is 0.389. The summed E-state index contributed by atoms with van der Waals surface area (Å²) in [6.07, 6.45) is -1.96. The van der Waals surface area contributed by atoms with Crippen LogP contribution in [0, 0.1) is 0 Å². The van der Waals surface area contributed by atoms with E-state index in [9.17, 15) is 18.0 Å². The van der Waals surface area contributed by atoms with Gasteiger partial charge in [0.25, 0.3) is 5.91 Å². The van der Waals surface area contributed by atoms with Gasteiger partial charge in [0.2, 0.25) is 0 Å². The maximum Gasteiger partial charge on any atom is 0.417 e. The molecular weight excluding hydrogens is 359 g/mol. The standard InChI is InChI=1S/C18H20F3N5O/c1-24(2)14-5-6-22-15(11-14)17(27)26-9-7-25(8-10-26)16-4-3-13(12-23-16)18(19,20)21/h3-6,11-12H,7-10H2,1-2H3. The molecule has 2 aromatic rings.